The summed E-state index contributed by atoms with van der Waals surface area (Å²) < 4.78 is 4.96. The van der Waals surface area contributed by atoms with E-state index in [1.54, 1.807) is 0 Å². The lowest BCUT2D eigenvalue weighted by molar-refractivity contribution is 0.454. The second-order valence-electron chi connectivity index (χ2n) is 16.7. The number of hydrogen-bond donors (Lipinski definition) is 1. The van der Waals surface area contributed by atoms with Gasteiger partial charge in [0.1, 0.15) is 5.75 Å². The van der Waals surface area contributed by atoms with E-state index in [1.807, 2.05) is 140 Å². The average Bonchev–Trinajstić information content (AvgIpc) is 3.45. The molecule has 0 saturated heterocycles. The van der Waals surface area contributed by atoms with E-state index in [-0.39, 0.29) is 15.9 Å². The molecule has 12 heteroatoms. The van der Waals surface area contributed by atoms with Crippen molar-refractivity contribution in [3.63, 3.8) is 0 Å². The van der Waals surface area contributed by atoms with Gasteiger partial charge in [-0.1, -0.05) is 212 Å². The van der Waals surface area contributed by atoms with Gasteiger partial charge in [0.15, 0.2) is 17.5 Å². The molecule has 0 aliphatic rings. The Bertz CT molecular complexity index is 3840. The highest BCUT2D eigenvalue weighted by molar-refractivity contribution is 6.31. The topological polar surface area (TPSA) is 107 Å². The number of halogens is 3. The molecule has 355 valence electrons. The van der Waals surface area contributed by atoms with Crippen LogP contribution in [-0.2, 0) is 0 Å². The Morgan fingerprint density at radius 3 is 1.08 bits per heavy atom. The SMILES string of the molecule is Clc1nc(-c2ccc3cc(-c4ccccc4)ccc3c2)nc(-c2ccccc2-c2ccccc2)n1.Clc1nc(Cl)nc(-c2ccccc2-c2ccccc2)n1.O[B]Oc1ccc2cc(-c3ccccc3)ccc2c1. The van der Waals surface area contributed by atoms with Crippen LogP contribution in [0.15, 0.2) is 243 Å². The summed E-state index contributed by atoms with van der Waals surface area (Å²) in [6, 6.07) is 81.6. The Labute approximate surface area is 444 Å². The minimum Gasteiger partial charge on any atom is -0.537 e. The molecule has 0 aliphatic carbocycles. The summed E-state index contributed by atoms with van der Waals surface area (Å²) in [5.41, 5.74) is 11.7. The van der Waals surface area contributed by atoms with Gasteiger partial charge in [-0.25, -0.2) is 4.98 Å². The van der Waals surface area contributed by atoms with Gasteiger partial charge in [-0.05, 0) is 131 Å². The van der Waals surface area contributed by atoms with Crippen LogP contribution >= 0.6 is 34.8 Å². The molecule has 12 aromatic rings. The quantitative estimate of drug-likeness (QED) is 0.143. The predicted molar refractivity (Wildman–Crippen MR) is 303 cm³/mol. The van der Waals surface area contributed by atoms with E-state index in [1.165, 1.54) is 22.3 Å². The van der Waals surface area contributed by atoms with Crippen molar-refractivity contribution in [3.8, 4) is 84.4 Å². The molecule has 0 unspecified atom stereocenters. The fourth-order valence-electron chi connectivity index (χ4n) is 8.50. The first kappa shape index (κ1) is 49.0. The van der Waals surface area contributed by atoms with E-state index < -0.39 is 0 Å². The van der Waals surface area contributed by atoms with Crippen molar-refractivity contribution in [2.24, 2.45) is 0 Å². The highest BCUT2D eigenvalue weighted by Crippen LogP contribution is 2.34. The van der Waals surface area contributed by atoms with Gasteiger partial charge in [0.2, 0.25) is 15.9 Å². The minimum absolute atomic E-state index is 0.0860. The van der Waals surface area contributed by atoms with E-state index in [4.69, 9.17) is 49.5 Å². The number of fused-ring (bicyclic) bond motifs is 2. The molecule has 1 N–H and O–H groups in total. The smallest absolute Gasteiger partial charge is 0.537 e. The molecule has 0 amide bonds. The van der Waals surface area contributed by atoms with E-state index >= 15 is 0 Å². The first-order valence-electron chi connectivity index (χ1n) is 23.4. The van der Waals surface area contributed by atoms with E-state index in [9.17, 15) is 0 Å². The molecule has 0 spiro atoms. The Balaban J connectivity index is 0.000000137. The number of rotatable bonds is 9. The van der Waals surface area contributed by atoms with Crippen molar-refractivity contribution >= 4 is 64.0 Å². The van der Waals surface area contributed by atoms with Crippen molar-refractivity contribution in [1.82, 2.24) is 29.9 Å². The van der Waals surface area contributed by atoms with Crippen molar-refractivity contribution in [1.29, 1.82) is 0 Å². The van der Waals surface area contributed by atoms with Crippen molar-refractivity contribution in [2.45, 2.75) is 0 Å². The molecule has 0 bridgehead atoms. The van der Waals surface area contributed by atoms with Crippen LogP contribution in [0.1, 0.15) is 0 Å². The normalized spacial score (nSPS) is 10.7. The third-order valence-corrected chi connectivity index (χ3v) is 12.5. The first-order valence-corrected chi connectivity index (χ1v) is 24.6. The number of nitrogens with zero attached hydrogens (tertiary/aromatic N) is 6. The Morgan fingerprint density at radius 1 is 0.284 bits per heavy atom. The third kappa shape index (κ3) is 11.9. The van der Waals surface area contributed by atoms with E-state index in [2.05, 4.69) is 128 Å². The van der Waals surface area contributed by atoms with Crippen LogP contribution in [0.3, 0.4) is 0 Å². The maximum absolute atomic E-state index is 8.64. The van der Waals surface area contributed by atoms with Gasteiger partial charge in [-0.15, -0.1) is 0 Å². The van der Waals surface area contributed by atoms with Gasteiger partial charge >= 0.3 is 7.69 Å². The maximum Gasteiger partial charge on any atom is 0.569 e. The molecular weight excluding hydrogens is 978 g/mol. The van der Waals surface area contributed by atoms with Crippen LogP contribution in [0.25, 0.3) is 100 Å². The monoisotopic (exact) mass is 1020 g/mol. The van der Waals surface area contributed by atoms with Gasteiger partial charge in [-0.3, -0.25) is 0 Å². The van der Waals surface area contributed by atoms with Crippen molar-refractivity contribution in [3.05, 3.63) is 259 Å². The molecule has 0 atom stereocenters. The fourth-order valence-corrected chi connectivity index (χ4v) is 9.03. The van der Waals surface area contributed by atoms with Gasteiger partial charge < -0.3 is 9.68 Å². The zero-order valence-corrected chi connectivity index (χ0v) is 41.6. The third-order valence-electron chi connectivity index (χ3n) is 12.0. The second-order valence-corrected chi connectivity index (χ2v) is 17.7. The van der Waals surface area contributed by atoms with Crippen LogP contribution in [0.2, 0.25) is 15.9 Å². The van der Waals surface area contributed by atoms with Crippen LogP contribution in [-0.4, -0.2) is 42.6 Å². The first-order chi connectivity index (χ1) is 36.3. The molecule has 1 radical (unpaired) electrons. The largest absolute Gasteiger partial charge is 0.569 e. The number of aromatic nitrogens is 6. The summed E-state index contributed by atoms with van der Waals surface area (Å²) in [4.78, 5) is 25.8. The number of hydrogen-bond acceptors (Lipinski definition) is 8. The summed E-state index contributed by atoms with van der Waals surface area (Å²) in [5.74, 6) is 2.20. The Morgan fingerprint density at radius 2 is 0.622 bits per heavy atom. The van der Waals surface area contributed by atoms with Gasteiger partial charge in [0.25, 0.3) is 0 Å². The van der Waals surface area contributed by atoms with Crippen LogP contribution in [0.5, 0.6) is 5.75 Å². The van der Waals surface area contributed by atoms with Crippen LogP contribution < -0.4 is 4.65 Å². The number of benzene rings is 10. The highest BCUT2D eigenvalue weighted by atomic mass is 35.5. The molecule has 74 heavy (non-hydrogen) atoms. The summed E-state index contributed by atoms with van der Waals surface area (Å²) in [6.45, 7) is 0. The molecule has 0 aliphatic heterocycles. The zero-order valence-electron chi connectivity index (χ0n) is 39.3. The molecule has 0 fully saturated rings. The van der Waals surface area contributed by atoms with Crippen molar-refractivity contribution in [2.75, 3.05) is 0 Å². The van der Waals surface area contributed by atoms with E-state index in [0.29, 0.717) is 30.9 Å². The minimum atomic E-state index is 0.0860. The standard InChI is InChI=1S/C31H20ClN3.C16H12BO2.C15H9Cl2N3/c32-31-34-29(33-30(35-31)28-14-8-7-13-27(28)22-11-5-2-6-12-22)26-18-17-24-19-23(15-16-25(24)20-26)21-9-3-1-4-10-21;18-17-19-16-9-8-14-10-13(6-7-15(14)11-16)12-4-2-1-3-5-12;16-14-18-13(19-15(17)20-14)12-9-5-4-8-11(12)10-6-2-1-3-7-10/h1-20H;1-11,18H;1-9H. The molecular formula is C62H41BCl3N6O2. The zero-order chi connectivity index (χ0) is 50.6. The Hall–Kier alpha value is -8.57. The maximum atomic E-state index is 8.64. The Kier molecular flexibility index (Phi) is 15.5. The summed E-state index contributed by atoms with van der Waals surface area (Å²) in [5, 5.41) is 13.5. The molecule has 2 heterocycles. The average molecular weight is 1020 g/mol. The highest BCUT2D eigenvalue weighted by Gasteiger charge is 2.15. The lowest BCUT2D eigenvalue weighted by atomic mass is 9.99. The molecule has 12 rings (SSSR count). The van der Waals surface area contributed by atoms with Gasteiger partial charge in [0.05, 0.1) is 0 Å². The summed E-state index contributed by atoms with van der Waals surface area (Å²) in [6.07, 6.45) is 0. The molecule has 8 nitrogen and oxygen atoms in total. The van der Waals surface area contributed by atoms with Gasteiger partial charge in [0, 0.05) is 16.7 Å². The fraction of sp³-hybridized carbons (Fsp3) is 0. The molecule has 10 aromatic carbocycles. The second kappa shape index (κ2) is 23.3. The van der Waals surface area contributed by atoms with Gasteiger partial charge in [-0.2, -0.15) is 24.9 Å². The molecule has 2 aromatic heterocycles. The van der Waals surface area contributed by atoms with Crippen LogP contribution in [0.4, 0.5) is 0 Å². The molecule has 0 saturated carbocycles. The van der Waals surface area contributed by atoms with Crippen LogP contribution in [0, 0.1) is 0 Å². The lowest BCUT2D eigenvalue weighted by Gasteiger charge is -2.11. The van der Waals surface area contributed by atoms with E-state index in [0.717, 1.165) is 60.5 Å². The van der Waals surface area contributed by atoms with Crippen molar-refractivity contribution < 1.29 is 9.68 Å². The predicted octanol–water partition coefficient (Wildman–Crippen LogP) is 16.3. The summed E-state index contributed by atoms with van der Waals surface area (Å²) in [7, 11) is 0.694. The lowest BCUT2D eigenvalue weighted by Crippen LogP contribution is -1.99. The summed E-state index contributed by atoms with van der Waals surface area (Å²) >= 11 is 18.1.